The Balaban J connectivity index is 2.23. The van der Waals surface area contributed by atoms with Gasteiger partial charge >= 0.3 is 0 Å². The largest absolute Gasteiger partial charge is 0.383 e. The van der Waals surface area contributed by atoms with E-state index < -0.39 is 0 Å². The molecule has 0 saturated heterocycles. The van der Waals surface area contributed by atoms with Gasteiger partial charge in [-0.25, -0.2) is 4.68 Å². The summed E-state index contributed by atoms with van der Waals surface area (Å²) in [5.41, 5.74) is 5.51. The molecule has 0 radical (unpaired) electrons. The van der Waals surface area contributed by atoms with Gasteiger partial charge in [0, 0.05) is 20.2 Å². The molecule has 7 nitrogen and oxygen atoms in total. The number of hydrogen-bond acceptors (Lipinski definition) is 6. The molecule has 2 N–H and O–H groups in total. The van der Waals surface area contributed by atoms with Crippen LogP contribution in [0.15, 0.2) is 0 Å². The van der Waals surface area contributed by atoms with Gasteiger partial charge in [0.15, 0.2) is 0 Å². The highest BCUT2D eigenvalue weighted by Gasteiger charge is 2.02. The molecule has 1 aromatic heterocycles. The fourth-order valence-electron chi connectivity index (χ4n) is 0.995. The quantitative estimate of drug-likeness (QED) is 0.623. The smallest absolute Gasteiger partial charge is 0.240 e. The lowest BCUT2D eigenvalue weighted by Gasteiger charge is -2.15. The van der Waals surface area contributed by atoms with Crippen molar-refractivity contribution in [3.63, 3.8) is 0 Å². The van der Waals surface area contributed by atoms with Crippen LogP contribution in [0.4, 0.5) is 5.95 Å². The van der Waals surface area contributed by atoms with Crippen LogP contribution in [0.2, 0.25) is 0 Å². The molecule has 0 aromatic carbocycles. The van der Waals surface area contributed by atoms with Gasteiger partial charge in [0.1, 0.15) is 0 Å². The number of tetrazole rings is 1. The minimum Gasteiger partial charge on any atom is -0.383 e. The number of methoxy groups -OCH3 is 1. The molecular weight excluding hydrogens is 184 g/mol. The normalized spacial score (nSPS) is 11.1. The van der Waals surface area contributed by atoms with E-state index >= 15 is 0 Å². The topological polar surface area (TPSA) is 82.1 Å². The molecular formula is C7H16N6O. The van der Waals surface area contributed by atoms with Gasteiger partial charge < -0.3 is 15.4 Å². The number of nitrogens with zero attached hydrogens (tertiary/aromatic N) is 5. The number of aromatic nitrogens is 4. The number of nitrogen functional groups attached to an aromatic ring is 1. The van der Waals surface area contributed by atoms with Crippen LogP contribution in [0.5, 0.6) is 0 Å². The van der Waals surface area contributed by atoms with Crippen LogP contribution in [0, 0.1) is 0 Å². The van der Waals surface area contributed by atoms with E-state index in [9.17, 15) is 0 Å². The molecule has 1 rings (SSSR count). The average molecular weight is 200 g/mol. The average Bonchev–Trinajstić information content (AvgIpc) is 2.58. The number of hydrogen-bond donors (Lipinski definition) is 1. The van der Waals surface area contributed by atoms with Crippen LogP contribution >= 0.6 is 0 Å². The Bertz CT molecular complexity index is 262. The van der Waals surface area contributed by atoms with Crippen molar-refractivity contribution < 1.29 is 4.74 Å². The zero-order chi connectivity index (χ0) is 10.4. The number of nitrogens with two attached hydrogens (primary N) is 1. The Morgan fingerprint density at radius 2 is 2.29 bits per heavy atom. The second kappa shape index (κ2) is 5.51. The van der Waals surface area contributed by atoms with Gasteiger partial charge in [-0.2, -0.15) is 0 Å². The van der Waals surface area contributed by atoms with Gasteiger partial charge in [-0.05, 0) is 17.5 Å². The zero-order valence-electron chi connectivity index (χ0n) is 8.55. The van der Waals surface area contributed by atoms with Gasteiger partial charge in [0.2, 0.25) is 5.95 Å². The third kappa shape index (κ3) is 3.27. The van der Waals surface area contributed by atoms with Gasteiger partial charge in [0.05, 0.1) is 13.2 Å². The molecule has 0 aliphatic heterocycles. The van der Waals surface area contributed by atoms with Gasteiger partial charge in [0.25, 0.3) is 0 Å². The maximum absolute atomic E-state index is 5.51. The molecule has 0 aliphatic carbocycles. The van der Waals surface area contributed by atoms with Crippen LogP contribution in [0.1, 0.15) is 0 Å². The van der Waals surface area contributed by atoms with E-state index in [1.807, 2.05) is 7.05 Å². The van der Waals surface area contributed by atoms with Crippen LogP contribution in [-0.2, 0) is 11.3 Å². The Labute approximate surface area is 82.8 Å². The lowest BCUT2D eigenvalue weighted by atomic mass is 10.5. The first kappa shape index (κ1) is 10.9. The number of likely N-dealkylation sites (N-methyl/N-ethyl adjacent to an activating group) is 1. The standard InChI is InChI=1S/C7H16N6O/c1-12(5-6-14-2)3-4-13-7(8)9-10-11-13/h3-6H2,1-2H3,(H2,8,9,11). The lowest BCUT2D eigenvalue weighted by molar-refractivity contribution is 0.159. The van der Waals surface area contributed by atoms with E-state index in [4.69, 9.17) is 10.5 Å². The highest BCUT2D eigenvalue weighted by atomic mass is 16.5. The van der Waals surface area contributed by atoms with Crippen molar-refractivity contribution in [2.24, 2.45) is 0 Å². The van der Waals surface area contributed by atoms with Crippen molar-refractivity contribution in [2.75, 3.05) is 39.6 Å². The van der Waals surface area contributed by atoms with E-state index in [-0.39, 0.29) is 0 Å². The summed E-state index contributed by atoms with van der Waals surface area (Å²) in [6.07, 6.45) is 0. The van der Waals surface area contributed by atoms with Gasteiger partial charge in [-0.3, -0.25) is 0 Å². The van der Waals surface area contributed by atoms with Crippen molar-refractivity contribution >= 4 is 5.95 Å². The van der Waals surface area contributed by atoms with Crippen LogP contribution in [0.25, 0.3) is 0 Å². The minimum absolute atomic E-state index is 0.352. The molecule has 1 aromatic rings. The Kier molecular flexibility index (Phi) is 4.27. The first-order valence-electron chi connectivity index (χ1n) is 4.43. The summed E-state index contributed by atoms with van der Waals surface area (Å²) >= 11 is 0. The fourth-order valence-corrected chi connectivity index (χ4v) is 0.995. The summed E-state index contributed by atoms with van der Waals surface area (Å²) in [5, 5.41) is 10.8. The maximum atomic E-state index is 5.51. The van der Waals surface area contributed by atoms with Crippen LogP contribution in [0.3, 0.4) is 0 Å². The zero-order valence-corrected chi connectivity index (χ0v) is 8.55. The highest BCUT2D eigenvalue weighted by molar-refractivity contribution is 5.09. The molecule has 1 heterocycles. The predicted molar refractivity (Wildman–Crippen MR) is 51.6 cm³/mol. The Hall–Kier alpha value is -1.21. The third-order valence-corrected chi connectivity index (χ3v) is 1.93. The number of ether oxygens (including phenoxy) is 1. The molecule has 0 amide bonds. The summed E-state index contributed by atoms with van der Waals surface area (Å²) in [6.45, 7) is 3.15. The van der Waals surface area contributed by atoms with Gasteiger partial charge in [-0.15, -0.1) is 0 Å². The monoisotopic (exact) mass is 200 g/mol. The summed E-state index contributed by atoms with van der Waals surface area (Å²) in [6, 6.07) is 0. The fraction of sp³-hybridized carbons (Fsp3) is 0.857. The lowest BCUT2D eigenvalue weighted by Crippen LogP contribution is -2.27. The molecule has 0 fully saturated rings. The molecule has 0 spiro atoms. The Morgan fingerprint density at radius 3 is 2.86 bits per heavy atom. The van der Waals surface area contributed by atoms with Crippen molar-refractivity contribution in [3.8, 4) is 0 Å². The van der Waals surface area contributed by atoms with Crippen molar-refractivity contribution in [3.05, 3.63) is 0 Å². The summed E-state index contributed by atoms with van der Waals surface area (Å²) < 4.78 is 6.53. The molecule has 7 heteroatoms. The summed E-state index contributed by atoms with van der Waals surface area (Å²) in [5.74, 6) is 0.352. The second-order valence-electron chi connectivity index (χ2n) is 3.06. The van der Waals surface area contributed by atoms with Crippen LogP contribution in [-0.4, -0.2) is 59.0 Å². The maximum Gasteiger partial charge on any atom is 0.240 e. The van der Waals surface area contributed by atoms with Crippen molar-refractivity contribution in [2.45, 2.75) is 6.54 Å². The molecule has 0 bridgehead atoms. The second-order valence-corrected chi connectivity index (χ2v) is 3.06. The van der Waals surface area contributed by atoms with E-state index in [2.05, 4.69) is 20.4 Å². The number of anilines is 1. The third-order valence-electron chi connectivity index (χ3n) is 1.93. The van der Waals surface area contributed by atoms with Gasteiger partial charge in [-0.1, -0.05) is 5.10 Å². The molecule has 0 atom stereocenters. The molecule has 0 unspecified atom stereocenters. The molecule has 0 aliphatic rings. The first-order chi connectivity index (χ1) is 6.74. The van der Waals surface area contributed by atoms with E-state index in [0.29, 0.717) is 12.5 Å². The molecule has 80 valence electrons. The summed E-state index contributed by atoms with van der Waals surface area (Å²) in [4.78, 5) is 2.13. The SMILES string of the molecule is COCCN(C)CCn1nnnc1N. The van der Waals surface area contributed by atoms with E-state index in [0.717, 1.165) is 19.7 Å². The van der Waals surface area contributed by atoms with Crippen LogP contribution < -0.4 is 5.73 Å². The van der Waals surface area contributed by atoms with Crippen molar-refractivity contribution in [1.29, 1.82) is 0 Å². The van der Waals surface area contributed by atoms with E-state index in [1.54, 1.807) is 11.8 Å². The highest BCUT2D eigenvalue weighted by Crippen LogP contribution is 1.92. The first-order valence-corrected chi connectivity index (χ1v) is 4.43. The van der Waals surface area contributed by atoms with Crippen molar-refractivity contribution in [1.82, 2.24) is 25.1 Å². The Morgan fingerprint density at radius 1 is 1.50 bits per heavy atom. The minimum atomic E-state index is 0.352. The number of rotatable bonds is 6. The van der Waals surface area contributed by atoms with E-state index in [1.165, 1.54) is 0 Å². The molecule has 14 heavy (non-hydrogen) atoms. The predicted octanol–water partition coefficient (Wildman–Crippen LogP) is -1.17. The molecule has 0 saturated carbocycles. The summed E-state index contributed by atoms with van der Waals surface area (Å²) in [7, 11) is 3.70.